The minimum atomic E-state index is 0.0564. The van der Waals surface area contributed by atoms with Gasteiger partial charge in [-0.05, 0) is 49.7 Å². The van der Waals surface area contributed by atoms with E-state index in [0.29, 0.717) is 17.5 Å². The molecule has 7 nitrogen and oxygen atoms in total. The number of rotatable bonds is 7. The molecule has 2 saturated heterocycles. The minimum absolute atomic E-state index is 0.0564. The molecule has 2 aliphatic heterocycles. The lowest BCUT2D eigenvalue weighted by Gasteiger charge is -2.25. The first-order valence-corrected chi connectivity index (χ1v) is 12.9. The molecule has 0 radical (unpaired) electrons. The van der Waals surface area contributed by atoms with Crippen molar-refractivity contribution in [2.24, 2.45) is 24.8 Å². The van der Waals surface area contributed by atoms with Gasteiger partial charge in [-0.1, -0.05) is 43.2 Å². The number of nitrogens with one attached hydrogen (secondary N) is 1. The zero-order chi connectivity index (χ0) is 23.7. The number of benzene rings is 1. The second kappa shape index (κ2) is 9.90. The molecular formula is C27H37N5O2. The fourth-order valence-electron chi connectivity index (χ4n) is 6.21. The van der Waals surface area contributed by atoms with Gasteiger partial charge in [-0.3, -0.25) is 14.3 Å². The maximum absolute atomic E-state index is 13.0. The zero-order valence-electron chi connectivity index (χ0n) is 20.4. The van der Waals surface area contributed by atoms with Gasteiger partial charge in [0.1, 0.15) is 5.69 Å². The molecule has 3 atom stereocenters. The Bertz CT molecular complexity index is 999. The summed E-state index contributed by atoms with van der Waals surface area (Å²) in [4.78, 5) is 30.4. The van der Waals surface area contributed by atoms with Gasteiger partial charge in [0.2, 0.25) is 5.91 Å². The van der Waals surface area contributed by atoms with Crippen LogP contribution in [0.15, 0.2) is 36.4 Å². The first-order chi connectivity index (χ1) is 16.5. The van der Waals surface area contributed by atoms with Crippen molar-refractivity contribution < 1.29 is 9.59 Å². The molecule has 2 amide bonds. The summed E-state index contributed by atoms with van der Waals surface area (Å²) >= 11 is 0. The standard InChI is InChI=1S/C27H37N5O2/c1-19-14-25(30(2)29-19)27(34)32-17-22-15-31(16-23(22)18-32)13-12-24(20-8-4-3-5-9-20)28-26(33)21-10-6-7-11-21/h3-5,8-9,14,21-24H,6-7,10-13,15-18H2,1-2H3,(H,28,33)/t22-,23?,24?/m0/s1. The SMILES string of the molecule is Cc1cc(C(=O)N2CC3CN(CCC(NC(=O)C4CCCC4)c4ccccc4)C[C@H]3C2)n(C)n1. The summed E-state index contributed by atoms with van der Waals surface area (Å²) in [5.74, 6) is 1.57. The Morgan fingerprint density at radius 1 is 1.06 bits per heavy atom. The Labute approximate surface area is 202 Å². The maximum Gasteiger partial charge on any atom is 0.272 e. The van der Waals surface area contributed by atoms with Crippen molar-refractivity contribution in [2.45, 2.75) is 45.1 Å². The first kappa shape index (κ1) is 23.1. The highest BCUT2D eigenvalue weighted by Crippen LogP contribution is 2.33. The molecular weight excluding hydrogens is 426 g/mol. The van der Waals surface area contributed by atoms with Gasteiger partial charge in [-0.2, -0.15) is 5.10 Å². The first-order valence-electron chi connectivity index (χ1n) is 12.9. The topological polar surface area (TPSA) is 70.5 Å². The van der Waals surface area contributed by atoms with E-state index in [1.165, 1.54) is 18.4 Å². The Morgan fingerprint density at radius 3 is 2.35 bits per heavy atom. The van der Waals surface area contributed by atoms with Crippen LogP contribution in [0, 0.1) is 24.7 Å². The monoisotopic (exact) mass is 463 g/mol. The van der Waals surface area contributed by atoms with Gasteiger partial charge in [0, 0.05) is 45.7 Å². The van der Waals surface area contributed by atoms with E-state index in [0.717, 1.165) is 57.7 Å². The lowest BCUT2D eigenvalue weighted by molar-refractivity contribution is -0.125. The molecule has 3 heterocycles. The number of carbonyl (C=O) groups excluding carboxylic acids is 2. The maximum atomic E-state index is 13.0. The molecule has 0 bridgehead atoms. The average molecular weight is 464 g/mol. The third-order valence-electron chi connectivity index (χ3n) is 8.05. The molecule has 5 rings (SSSR count). The van der Waals surface area contributed by atoms with E-state index >= 15 is 0 Å². The number of fused-ring (bicyclic) bond motifs is 1. The normalized spacial score (nSPS) is 23.9. The molecule has 2 aromatic rings. The van der Waals surface area contributed by atoms with Crippen LogP contribution in [0.25, 0.3) is 0 Å². The number of hydrogen-bond acceptors (Lipinski definition) is 4. The predicted molar refractivity (Wildman–Crippen MR) is 131 cm³/mol. The smallest absolute Gasteiger partial charge is 0.272 e. The van der Waals surface area contributed by atoms with Gasteiger partial charge in [0.05, 0.1) is 11.7 Å². The molecule has 1 aromatic carbocycles. The van der Waals surface area contributed by atoms with Crippen LogP contribution in [-0.2, 0) is 11.8 Å². The number of aromatic nitrogens is 2. The Kier molecular flexibility index (Phi) is 6.73. The van der Waals surface area contributed by atoms with E-state index in [9.17, 15) is 9.59 Å². The Morgan fingerprint density at radius 2 is 1.74 bits per heavy atom. The minimum Gasteiger partial charge on any atom is -0.349 e. The molecule has 7 heteroatoms. The Balaban J connectivity index is 1.16. The van der Waals surface area contributed by atoms with E-state index < -0.39 is 0 Å². The fourth-order valence-corrected chi connectivity index (χ4v) is 6.21. The van der Waals surface area contributed by atoms with Crippen LogP contribution >= 0.6 is 0 Å². The van der Waals surface area contributed by atoms with Crippen LogP contribution < -0.4 is 5.32 Å². The number of amides is 2. The summed E-state index contributed by atoms with van der Waals surface area (Å²) in [6, 6.07) is 12.3. The molecule has 2 unspecified atom stereocenters. The van der Waals surface area contributed by atoms with Gasteiger partial charge < -0.3 is 15.1 Å². The lowest BCUT2D eigenvalue weighted by Crippen LogP contribution is -2.37. The van der Waals surface area contributed by atoms with Crippen molar-refractivity contribution in [3.63, 3.8) is 0 Å². The summed E-state index contributed by atoms with van der Waals surface area (Å²) < 4.78 is 1.70. The number of nitrogens with zero attached hydrogens (tertiary/aromatic N) is 4. The van der Waals surface area contributed by atoms with Gasteiger partial charge >= 0.3 is 0 Å². The summed E-state index contributed by atoms with van der Waals surface area (Å²) in [5, 5.41) is 7.70. The van der Waals surface area contributed by atoms with Gasteiger partial charge in [-0.15, -0.1) is 0 Å². The van der Waals surface area contributed by atoms with Crippen molar-refractivity contribution in [1.29, 1.82) is 0 Å². The van der Waals surface area contributed by atoms with Crippen LogP contribution in [0.1, 0.15) is 59.9 Å². The summed E-state index contributed by atoms with van der Waals surface area (Å²) in [6.45, 7) is 6.59. The van der Waals surface area contributed by atoms with E-state index in [4.69, 9.17) is 0 Å². The van der Waals surface area contributed by atoms with Gasteiger partial charge in [-0.25, -0.2) is 0 Å². The second-order valence-electron chi connectivity index (χ2n) is 10.5. The van der Waals surface area contributed by atoms with Crippen molar-refractivity contribution in [2.75, 3.05) is 32.7 Å². The zero-order valence-corrected chi connectivity index (χ0v) is 20.4. The van der Waals surface area contributed by atoms with E-state index in [-0.39, 0.29) is 23.8 Å². The number of hydrogen-bond donors (Lipinski definition) is 1. The van der Waals surface area contributed by atoms with Crippen LogP contribution in [0.3, 0.4) is 0 Å². The molecule has 1 aliphatic carbocycles. The highest BCUT2D eigenvalue weighted by Gasteiger charge is 2.42. The average Bonchev–Trinajstić information content (AvgIpc) is 3.61. The molecule has 34 heavy (non-hydrogen) atoms. The van der Waals surface area contributed by atoms with Crippen molar-refractivity contribution in [3.05, 3.63) is 53.3 Å². The summed E-state index contributed by atoms with van der Waals surface area (Å²) in [7, 11) is 1.84. The molecule has 1 aromatic heterocycles. The highest BCUT2D eigenvalue weighted by atomic mass is 16.2. The number of aryl methyl sites for hydroxylation is 2. The molecule has 182 valence electrons. The third kappa shape index (κ3) is 4.90. The molecule has 3 aliphatic rings. The number of likely N-dealkylation sites (tertiary alicyclic amines) is 2. The van der Waals surface area contributed by atoms with E-state index in [1.54, 1.807) is 4.68 Å². The number of carbonyl (C=O) groups is 2. The fraction of sp³-hybridized carbons (Fsp3) is 0.593. The third-order valence-corrected chi connectivity index (χ3v) is 8.05. The van der Waals surface area contributed by atoms with E-state index in [1.807, 2.05) is 31.0 Å². The molecule has 0 spiro atoms. The summed E-state index contributed by atoms with van der Waals surface area (Å²) in [5.41, 5.74) is 2.75. The van der Waals surface area contributed by atoms with Crippen LogP contribution in [0.2, 0.25) is 0 Å². The second-order valence-corrected chi connectivity index (χ2v) is 10.5. The molecule has 1 N–H and O–H groups in total. The van der Waals surface area contributed by atoms with Crippen molar-refractivity contribution in [1.82, 2.24) is 24.9 Å². The van der Waals surface area contributed by atoms with Crippen LogP contribution in [-0.4, -0.2) is 64.1 Å². The van der Waals surface area contributed by atoms with Gasteiger partial charge in [0.25, 0.3) is 5.91 Å². The van der Waals surface area contributed by atoms with Crippen molar-refractivity contribution in [3.8, 4) is 0 Å². The van der Waals surface area contributed by atoms with Crippen LogP contribution in [0.5, 0.6) is 0 Å². The largest absolute Gasteiger partial charge is 0.349 e. The highest BCUT2D eigenvalue weighted by molar-refractivity contribution is 5.93. The quantitative estimate of drug-likeness (QED) is 0.685. The lowest BCUT2D eigenvalue weighted by atomic mass is 10.0. The predicted octanol–water partition coefficient (Wildman–Crippen LogP) is 3.17. The van der Waals surface area contributed by atoms with E-state index in [2.05, 4.69) is 39.6 Å². The molecule has 3 fully saturated rings. The summed E-state index contributed by atoms with van der Waals surface area (Å²) in [6.07, 6.45) is 5.31. The molecule has 1 saturated carbocycles. The Hall–Kier alpha value is -2.67. The van der Waals surface area contributed by atoms with Gasteiger partial charge in [0.15, 0.2) is 0 Å². The van der Waals surface area contributed by atoms with Crippen molar-refractivity contribution >= 4 is 11.8 Å². The van der Waals surface area contributed by atoms with Crippen LogP contribution in [0.4, 0.5) is 0 Å².